The molecule has 0 saturated carbocycles. The lowest BCUT2D eigenvalue weighted by Crippen LogP contribution is -2.14. The zero-order valence-corrected chi connectivity index (χ0v) is 15.8. The van der Waals surface area contributed by atoms with E-state index in [0.717, 1.165) is 5.00 Å². The lowest BCUT2D eigenvalue weighted by atomic mass is 10.1. The maximum absolute atomic E-state index is 12.6. The number of Topliss-reactive ketones (excluding diaryl/α,β-unsaturated/α-hetero) is 1. The summed E-state index contributed by atoms with van der Waals surface area (Å²) in [4.78, 5) is 12.6. The number of thiophene rings is 1. The average molecular weight is 391 g/mol. The summed E-state index contributed by atoms with van der Waals surface area (Å²) >= 11 is 6.87. The van der Waals surface area contributed by atoms with Crippen molar-refractivity contribution in [2.45, 2.75) is 6.54 Å². The number of ether oxygens (including phenoxy) is 2. The second kappa shape index (κ2) is 7.58. The lowest BCUT2D eigenvalue weighted by molar-refractivity contribution is 0.0966. The molecule has 0 atom stereocenters. The summed E-state index contributed by atoms with van der Waals surface area (Å²) in [7, 11) is 3.05. The first-order chi connectivity index (χ1) is 12.5. The number of rotatable bonds is 7. The summed E-state index contributed by atoms with van der Waals surface area (Å²) in [6.45, 7) is -0.0440. The number of anilines is 2. The van der Waals surface area contributed by atoms with Gasteiger partial charge in [-0.1, -0.05) is 0 Å². The van der Waals surface area contributed by atoms with Crippen molar-refractivity contribution in [3.8, 4) is 11.5 Å². The van der Waals surface area contributed by atoms with Gasteiger partial charge in [0, 0.05) is 5.56 Å². The van der Waals surface area contributed by atoms with Crippen LogP contribution in [0.3, 0.4) is 0 Å². The number of hydrogen-bond donors (Lipinski definition) is 2. The SMILES string of the molecule is COc1ccc(C(=O)Cn2nc(N)n(Nc3cccs3)c2=S)cc1OC. The summed E-state index contributed by atoms with van der Waals surface area (Å²) in [5.41, 5.74) is 9.44. The van der Waals surface area contributed by atoms with Crippen LogP contribution in [0.1, 0.15) is 10.4 Å². The first kappa shape index (κ1) is 18.0. The van der Waals surface area contributed by atoms with Crippen LogP contribution in [0.4, 0.5) is 10.9 Å². The van der Waals surface area contributed by atoms with Crippen molar-refractivity contribution >= 4 is 40.3 Å². The van der Waals surface area contributed by atoms with Gasteiger partial charge in [-0.3, -0.25) is 10.2 Å². The van der Waals surface area contributed by atoms with Crippen molar-refractivity contribution in [3.05, 3.63) is 46.0 Å². The molecule has 0 bridgehead atoms. The molecule has 0 amide bonds. The quantitative estimate of drug-likeness (QED) is 0.472. The summed E-state index contributed by atoms with van der Waals surface area (Å²) in [5.74, 6) is 1.02. The molecule has 136 valence electrons. The Bertz CT molecular complexity index is 978. The maximum Gasteiger partial charge on any atom is 0.240 e. The maximum atomic E-state index is 12.6. The largest absolute Gasteiger partial charge is 0.493 e. The predicted molar refractivity (Wildman–Crippen MR) is 103 cm³/mol. The van der Waals surface area contributed by atoms with Crippen LogP contribution in [0.5, 0.6) is 11.5 Å². The standard InChI is InChI=1S/C16H17N5O3S2/c1-23-12-6-5-10(8-13(12)24-2)11(22)9-20-16(25)21(15(17)19-20)18-14-4-3-7-26-14/h3-8,18H,9H2,1-2H3,(H2,17,19). The summed E-state index contributed by atoms with van der Waals surface area (Å²) in [6, 6.07) is 8.75. The molecule has 1 aromatic carbocycles. The number of ketones is 1. The first-order valence-electron chi connectivity index (χ1n) is 7.54. The van der Waals surface area contributed by atoms with Gasteiger partial charge in [0.25, 0.3) is 0 Å². The van der Waals surface area contributed by atoms with Crippen LogP contribution in [0.2, 0.25) is 0 Å². The molecular formula is C16H17N5O3S2. The van der Waals surface area contributed by atoms with Crippen molar-refractivity contribution < 1.29 is 14.3 Å². The van der Waals surface area contributed by atoms with E-state index in [1.165, 1.54) is 34.9 Å². The van der Waals surface area contributed by atoms with E-state index in [2.05, 4.69) is 10.5 Å². The van der Waals surface area contributed by atoms with Gasteiger partial charge in [-0.2, -0.15) is 4.68 Å². The van der Waals surface area contributed by atoms with Crippen LogP contribution in [0.25, 0.3) is 0 Å². The van der Waals surface area contributed by atoms with Crippen LogP contribution in [-0.2, 0) is 6.54 Å². The zero-order valence-electron chi connectivity index (χ0n) is 14.1. The Balaban J connectivity index is 1.83. The number of hydrogen-bond acceptors (Lipinski definition) is 8. The van der Waals surface area contributed by atoms with Crippen molar-refractivity contribution in [3.63, 3.8) is 0 Å². The van der Waals surface area contributed by atoms with Crippen molar-refractivity contribution in [1.82, 2.24) is 14.5 Å². The topological polar surface area (TPSA) is 96.3 Å². The highest BCUT2D eigenvalue weighted by molar-refractivity contribution is 7.71. The van der Waals surface area contributed by atoms with Gasteiger partial charge in [0.05, 0.1) is 14.2 Å². The molecule has 2 aromatic heterocycles. The Morgan fingerprint density at radius 3 is 2.73 bits per heavy atom. The number of nitrogens with two attached hydrogens (primary N) is 1. The fourth-order valence-electron chi connectivity index (χ4n) is 2.32. The van der Waals surface area contributed by atoms with Crippen LogP contribution in [-0.4, -0.2) is 34.5 Å². The molecule has 0 aliphatic carbocycles. The third kappa shape index (κ3) is 3.55. The molecule has 3 rings (SSSR count). The van der Waals surface area contributed by atoms with E-state index in [-0.39, 0.29) is 18.3 Å². The predicted octanol–water partition coefficient (Wildman–Crippen LogP) is 2.83. The van der Waals surface area contributed by atoms with Crippen LogP contribution < -0.4 is 20.6 Å². The van der Waals surface area contributed by atoms with Gasteiger partial charge < -0.3 is 15.2 Å². The van der Waals surface area contributed by atoms with Gasteiger partial charge in [-0.15, -0.1) is 16.4 Å². The Morgan fingerprint density at radius 2 is 2.08 bits per heavy atom. The minimum absolute atomic E-state index is 0.0440. The Labute approximate surface area is 158 Å². The van der Waals surface area contributed by atoms with Gasteiger partial charge in [0.1, 0.15) is 11.5 Å². The highest BCUT2D eigenvalue weighted by atomic mass is 32.1. The fourth-order valence-corrected chi connectivity index (χ4v) is 3.17. The molecule has 26 heavy (non-hydrogen) atoms. The Morgan fingerprint density at radius 1 is 1.31 bits per heavy atom. The fraction of sp³-hybridized carbons (Fsp3) is 0.188. The molecule has 0 radical (unpaired) electrons. The number of aromatic nitrogens is 3. The minimum atomic E-state index is -0.178. The molecule has 0 aliphatic rings. The summed E-state index contributed by atoms with van der Waals surface area (Å²) in [6.07, 6.45) is 0. The molecular weight excluding hydrogens is 374 g/mol. The van der Waals surface area contributed by atoms with Gasteiger partial charge in [0.15, 0.2) is 17.3 Å². The van der Waals surface area contributed by atoms with E-state index in [0.29, 0.717) is 21.8 Å². The highest BCUT2D eigenvalue weighted by Crippen LogP contribution is 2.27. The molecule has 10 heteroatoms. The molecule has 0 saturated heterocycles. The van der Waals surface area contributed by atoms with E-state index in [1.54, 1.807) is 18.2 Å². The van der Waals surface area contributed by atoms with Crippen LogP contribution >= 0.6 is 23.6 Å². The number of nitrogen functional groups attached to an aromatic ring is 1. The third-order valence-electron chi connectivity index (χ3n) is 3.61. The number of carbonyl (C=O) groups excluding carboxylic acids is 1. The van der Waals surface area contributed by atoms with Crippen molar-refractivity contribution in [2.75, 3.05) is 25.4 Å². The number of nitrogens with one attached hydrogen (secondary N) is 1. The molecule has 3 aromatic rings. The molecule has 3 N–H and O–H groups in total. The summed E-state index contributed by atoms with van der Waals surface area (Å²) in [5, 5.41) is 6.93. The molecule has 0 spiro atoms. The Kier molecular flexibility index (Phi) is 5.24. The van der Waals surface area contributed by atoms with E-state index >= 15 is 0 Å². The zero-order chi connectivity index (χ0) is 18.7. The smallest absolute Gasteiger partial charge is 0.240 e. The normalized spacial score (nSPS) is 10.5. The number of benzene rings is 1. The van der Waals surface area contributed by atoms with Crippen LogP contribution in [0.15, 0.2) is 35.7 Å². The van der Waals surface area contributed by atoms with Crippen molar-refractivity contribution in [1.29, 1.82) is 0 Å². The Hall–Kier alpha value is -2.85. The molecule has 2 heterocycles. The van der Waals surface area contributed by atoms with E-state index in [1.807, 2.05) is 17.5 Å². The number of methoxy groups -OCH3 is 2. The van der Waals surface area contributed by atoms with Crippen molar-refractivity contribution in [2.24, 2.45) is 0 Å². The monoisotopic (exact) mass is 391 g/mol. The molecule has 8 nitrogen and oxygen atoms in total. The number of nitrogens with zero attached hydrogens (tertiary/aromatic N) is 3. The number of carbonyl (C=O) groups is 1. The highest BCUT2D eigenvalue weighted by Gasteiger charge is 2.15. The van der Waals surface area contributed by atoms with Gasteiger partial charge in [0.2, 0.25) is 10.7 Å². The molecule has 0 aliphatic heterocycles. The summed E-state index contributed by atoms with van der Waals surface area (Å²) < 4.78 is 13.5. The molecule has 0 unspecified atom stereocenters. The minimum Gasteiger partial charge on any atom is -0.493 e. The van der Waals surface area contributed by atoms with E-state index in [4.69, 9.17) is 27.4 Å². The van der Waals surface area contributed by atoms with Gasteiger partial charge in [-0.05, 0) is 47.9 Å². The van der Waals surface area contributed by atoms with E-state index < -0.39 is 0 Å². The first-order valence-corrected chi connectivity index (χ1v) is 8.83. The second-order valence-electron chi connectivity index (χ2n) is 5.22. The van der Waals surface area contributed by atoms with Crippen LogP contribution in [0, 0.1) is 4.77 Å². The lowest BCUT2D eigenvalue weighted by Gasteiger charge is -2.09. The molecule has 0 fully saturated rings. The average Bonchev–Trinajstić information content (AvgIpc) is 3.25. The van der Waals surface area contributed by atoms with E-state index in [9.17, 15) is 4.79 Å². The van der Waals surface area contributed by atoms with Gasteiger partial charge in [-0.25, -0.2) is 4.68 Å². The van der Waals surface area contributed by atoms with Gasteiger partial charge >= 0.3 is 0 Å². The second-order valence-corrected chi connectivity index (χ2v) is 6.53. The third-order valence-corrected chi connectivity index (χ3v) is 4.77.